The number of hydrogen-bond acceptors (Lipinski definition) is 3. The summed E-state index contributed by atoms with van der Waals surface area (Å²) in [5.41, 5.74) is 11.4. The molecule has 3 N–H and O–H groups in total. The van der Waals surface area contributed by atoms with E-state index in [9.17, 15) is 4.79 Å². The molecule has 0 saturated heterocycles. The van der Waals surface area contributed by atoms with Crippen molar-refractivity contribution in [3.8, 4) is 5.69 Å². The van der Waals surface area contributed by atoms with E-state index >= 15 is 0 Å². The van der Waals surface area contributed by atoms with Gasteiger partial charge in [-0.3, -0.25) is 4.79 Å². The normalized spacial score (nSPS) is 16.9. The Balaban J connectivity index is 1.94. The van der Waals surface area contributed by atoms with E-state index in [1.807, 2.05) is 10.9 Å². The van der Waals surface area contributed by atoms with Crippen LogP contribution in [0.15, 0.2) is 24.4 Å². The standard InChI is InChI=1S/C18H24N4O/c1-12-5-3-7-16(13(12)2)22-17-8-4-6-15(14(17)11-20-22)21-18(23)9-10-19/h3,5,7,11,15H,4,6,8-10,19H2,1-2H3,(H,21,23). The Bertz CT molecular complexity index is 720. The molecular weight excluding hydrogens is 288 g/mol. The second-order valence-corrected chi connectivity index (χ2v) is 6.23. The van der Waals surface area contributed by atoms with Gasteiger partial charge in [0.05, 0.1) is 17.9 Å². The number of nitrogens with zero attached hydrogens (tertiary/aromatic N) is 2. The third-order valence-corrected chi connectivity index (χ3v) is 4.69. The van der Waals surface area contributed by atoms with Crippen LogP contribution < -0.4 is 11.1 Å². The van der Waals surface area contributed by atoms with Gasteiger partial charge in [-0.2, -0.15) is 5.10 Å². The quantitative estimate of drug-likeness (QED) is 0.910. The van der Waals surface area contributed by atoms with Crippen molar-refractivity contribution in [3.05, 3.63) is 46.8 Å². The van der Waals surface area contributed by atoms with Crippen molar-refractivity contribution in [3.63, 3.8) is 0 Å². The summed E-state index contributed by atoms with van der Waals surface area (Å²) in [4.78, 5) is 11.9. The van der Waals surface area contributed by atoms with Crippen LogP contribution >= 0.6 is 0 Å². The smallest absolute Gasteiger partial charge is 0.221 e. The first kappa shape index (κ1) is 15.7. The number of carbonyl (C=O) groups is 1. The molecule has 5 nitrogen and oxygen atoms in total. The summed E-state index contributed by atoms with van der Waals surface area (Å²) in [6.45, 7) is 4.62. The molecule has 1 aliphatic carbocycles. The maximum Gasteiger partial charge on any atom is 0.221 e. The van der Waals surface area contributed by atoms with Crippen molar-refractivity contribution in [2.24, 2.45) is 5.73 Å². The summed E-state index contributed by atoms with van der Waals surface area (Å²) < 4.78 is 2.04. The van der Waals surface area contributed by atoms with Gasteiger partial charge in [0, 0.05) is 24.2 Å². The summed E-state index contributed by atoms with van der Waals surface area (Å²) >= 11 is 0. The molecule has 1 aromatic carbocycles. The van der Waals surface area contributed by atoms with Gasteiger partial charge in [0.25, 0.3) is 0 Å². The molecule has 1 unspecified atom stereocenters. The second kappa shape index (κ2) is 6.54. The van der Waals surface area contributed by atoms with E-state index in [-0.39, 0.29) is 11.9 Å². The zero-order valence-corrected chi connectivity index (χ0v) is 13.8. The molecule has 0 aliphatic heterocycles. The van der Waals surface area contributed by atoms with Crippen molar-refractivity contribution >= 4 is 5.91 Å². The Hall–Kier alpha value is -2.14. The Morgan fingerprint density at radius 3 is 3.04 bits per heavy atom. The summed E-state index contributed by atoms with van der Waals surface area (Å²) in [5.74, 6) is 0.0184. The fourth-order valence-electron chi connectivity index (χ4n) is 3.28. The lowest BCUT2D eigenvalue weighted by Crippen LogP contribution is -2.32. The van der Waals surface area contributed by atoms with Gasteiger partial charge in [-0.05, 0) is 50.3 Å². The molecule has 0 radical (unpaired) electrons. The van der Waals surface area contributed by atoms with Crippen LogP contribution in [0, 0.1) is 13.8 Å². The van der Waals surface area contributed by atoms with Gasteiger partial charge in [0.15, 0.2) is 0 Å². The van der Waals surface area contributed by atoms with Crippen LogP contribution in [0.4, 0.5) is 0 Å². The molecule has 1 atom stereocenters. The molecule has 23 heavy (non-hydrogen) atoms. The maximum atomic E-state index is 11.9. The minimum Gasteiger partial charge on any atom is -0.349 e. The summed E-state index contributed by atoms with van der Waals surface area (Å²) in [6, 6.07) is 6.34. The second-order valence-electron chi connectivity index (χ2n) is 6.23. The SMILES string of the molecule is Cc1cccc(-n2ncc3c2CCCC3NC(=O)CCN)c1C. The van der Waals surface area contributed by atoms with Gasteiger partial charge in [0.2, 0.25) is 5.91 Å². The van der Waals surface area contributed by atoms with E-state index in [0.717, 1.165) is 30.5 Å². The Labute approximate surface area is 136 Å². The van der Waals surface area contributed by atoms with Crippen LogP contribution in [0.3, 0.4) is 0 Å². The molecule has 1 aliphatic rings. The number of carbonyl (C=O) groups excluding carboxylic acids is 1. The molecule has 1 heterocycles. The number of nitrogens with one attached hydrogen (secondary N) is 1. The van der Waals surface area contributed by atoms with E-state index in [0.29, 0.717) is 13.0 Å². The van der Waals surface area contributed by atoms with E-state index in [1.165, 1.54) is 16.8 Å². The monoisotopic (exact) mass is 312 g/mol. The maximum absolute atomic E-state index is 11.9. The fraction of sp³-hybridized carbons (Fsp3) is 0.444. The first-order chi connectivity index (χ1) is 11.1. The molecule has 0 saturated carbocycles. The predicted octanol–water partition coefficient (Wildman–Crippen LogP) is 2.33. The van der Waals surface area contributed by atoms with Gasteiger partial charge in [-0.25, -0.2) is 4.68 Å². The molecule has 1 amide bonds. The number of fused-ring (bicyclic) bond motifs is 1. The van der Waals surface area contributed by atoms with Gasteiger partial charge in [-0.1, -0.05) is 12.1 Å². The van der Waals surface area contributed by atoms with Gasteiger partial charge >= 0.3 is 0 Å². The topological polar surface area (TPSA) is 72.9 Å². The number of aryl methyl sites for hydroxylation is 1. The van der Waals surface area contributed by atoms with Crippen LogP contribution in [0.2, 0.25) is 0 Å². The third-order valence-electron chi connectivity index (χ3n) is 4.69. The highest BCUT2D eigenvalue weighted by Crippen LogP contribution is 2.32. The molecule has 0 bridgehead atoms. The van der Waals surface area contributed by atoms with Gasteiger partial charge < -0.3 is 11.1 Å². The number of rotatable bonds is 4. The zero-order valence-electron chi connectivity index (χ0n) is 13.8. The van der Waals surface area contributed by atoms with Crippen LogP contribution in [0.1, 0.15) is 47.7 Å². The number of amides is 1. The fourth-order valence-corrected chi connectivity index (χ4v) is 3.28. The van der Waals surface area contributed by atoms with Crippen LogP contribution in [0.5, 0.6) is 0 Å². The molecule has 122 valence electrons. The lowest BCUT2D eigenvalue weighted by Gasteiger charge is -2.24. The number of hydrogen-bond donors (Lipinski definition) is 2. The first-order valence-corrected chi connectivity index (χ1v) is 8.24. The molecule has 2 aromatic rings. The van der Waals surface area contributed by atoms with Crippen LogP contribution in [0.25, 0.3) is 5.69 Å². The number of benzene rings is 1. The minimum atomic E-state index is 0.0184. The largest absolute Gasteiger partial charge is 0.349 e. The highest BCUT2D eigenvalue weighted by molar-refractivity contribution is 5.76. The third kappa shape index (κ3) is 3.01. The van der Waals surface area contributed by atoms with Crippen LogP contribution in [-0.4, -0.2) is 22.2 Å². The van der Waals surface area contributed by atoms with Crippen molar-refractivity contribution in [2.75, 3.05) is 6.54 Å². The Morgan fingerprint density at radius 2 is 2.26 bits per heavy atom. The van der Waals surface area contributed by atoms with Crippen molar-refractivity contribution in [1.82, 2.24) is 15.1 Å². The van der Waals surface area contributed by atoms with Crippen LogP contribution in [-0.2, 0) is 11.2 Å². The Morgan fingerprint density at radius 1 is 1.43 bits per heavy atom. The molecule has 1 aromatic heterocycles. The highest BCUT2D eigenvalue weighted by atomic mass is 16.1. The molecule has 5 heteroatoms. The van der Waals surface area contributed by atoms with Crippen molar-refractivity contribution in [2.45, 2.75) is 45.6 Å². The average molecular weight is 312 g/mol. The van der Waals surface area contributed by atoms with Crippen molar-refractivity contribution in [1.29, 1.82) is 0 Å². The van der Waals surface area contributed by atoms with Gasteiger partial charge in [0.1, 0.15) is 0 Å². The van der Waals surface area contributed by atoms with E-state index in [4.69, 9.17) is 5.73 Å². The Kier molecular flexibility index (Phi) is 4.48. The van der Waals surface area contributed by atoms with E-state index in [1.54, 1.807) is 0 Å². The van der Waals surface area contributed by atoms with E-state index in [2.05, 4.69) is 42.5 Å². The predicted molar refractivity (Wildman–Crippen MR) is 90.5 cm³/mol. The average Bonchev–Trinajstić information content (AvgIpc) is 2.95. The first-order valence-electron chi connectivity index (χ1n) is 8.24. The summed E-state index contributed by atoms with van der Waals surface area (Å²) in [5, 5.41) is 7.71. The van der Waals surface area contributed by atoms with Gasteiger partial charge in [-0.15, -0.1) is 0 Å². The molecule has 0 spiro atoms. The van der Waals surface area contributed by atoms with E-state index < -0.39 is 0 Å². The highest BCUT2D eigenvalue weighted by Gasteiger charge is 2.26. The minimum absolute atomic E-state index is 0.0184. The summed E-state index contributed by atoms with van der Waals surface area (Å²) in [7, 11) is 0. The lowest BCUT2D eigenvalue weighted by molar-refractivity contribution is -0.121. The molecule has 0 fully saturated rings. The zero-order chi connectivity index (χ0) is 16.4. The molecule has 3 rings (SSSR count). The number of nitrogens with two attached hydrogens (primary N) is 1. The van der Waals surface area contributed by atoms with Crippen molar-refractivity contribution < 1.29 is 4.79 Å². The lowest BCUT2D eigenvalue weighted by atomic mass is 9.92. The number of aromatic nitrogens is 2. The molecular formula is C18H24N4O. The summed E-state index contributed by atoms with van der Waals surface area (Å²) in [6.07, 6.45) is 5.28.